The third kappa shape index (κ3) is 4.09. The zero-order valence-electron chi connectivity index (χ0n) is 17.8. The summed E-state index contributed by atoms with van der Waals surface area (Å²) >= 11 is 0. The van der Waals surface area contributed by atoms with Crippen LogP contribution in [-0.2, 0) is 26.0 Å². The largest absolute Gasteiger partial charge is 0.416 e. The molecule has 6 nitrogen and oxygen atoms in total. The Morgan fingerprint density at radius 3 is 2.18 bits per heavy atom. The van der Waals surface area contributed by atoms with Gasteiger partial charge in [0.25, 0.3) is 5.91 Å². The van der Waals surface area contributed by atoms with Crippen molar-refractivity contribution in [1.82, 2.24) is 5.06 Å². The van der Waals surface area contributed by atoms with Crippen molar-refractivity contribution in [3.63, 3.8) is 0 Å². The highest BCUT2D eigenvalue weighted by atomic mass is 32.2. The Kier molecular flexibility index (Phi) is 5.31. The number of benzene rings is 3. The van der Waals surface area contributed by atoms with Crippen molar-refractivity contribution >= 4 is 26.8 Å². The van der Waals surface area contributed by atoms with E-state index in [1.165, 1.54) is 0 Å². The maximum Gasteiger partial charge on any atom is 0.416 e. The Morgan fingerprint density at radius 1 is 0.970 bits per heavy atom. The topological polar surface area (TPSA) is 83.9 Å². The summed E-state index contributed by atoms with van der Waals surface area (Å²) in [5, 5.41) is 12.3. The van der Waals surface area contributed by atoms with E-state index in [-0.39, 0.29) is 16.5 Å². The Morgan fingerprint density at radius 2 is 1.61 bits per heavy atom. The van der Waals surface area contributed by atoms with Gasteiger partial charge >= 0.3 is 16.3 Å². The van der Waals surface area contributed by atoms with Gasteiger partial charge in [-0.15, -0.1) is 4.28 Å². The number of carbonyl (C=O) groups is 1. The number of rotatable bonds is 3. The van der Waals surface area contributed by atoms with Crippen molar-refractivity contribution in [3.05, 3.63) is 76.9 Å². The minimum Gasteiger partial charge on any atom is -0.367 e. The highest BCUT2D eigenvalue weighted by molar-refractivity contribution is 7.86. The molecule has 0 aliphatic carbocycles. The van der Waals surface area contributed by atoms with Crippen molar-refractivity contribution < 1.29 is 35.8 Å². The number of hydrogen-bond acceptors (Lipinski definition) is 5. The highest BCUT2D eigenvalue weighted by Gasteiger charge is 2.39. The van der Waals surface area contributed by atoms with Gasteiger partial charge in [0.15, 0.2) is 6.23 Å². The summed E-state index contributed by atoms with van der Waals surface area (Å²) in [5.74, 6) is -0.882. The molecule has 0 saturated heterocycles. The summed E-state index contributed by atoms with van der Waals surface area (Å²) in [6.07, 6.45) is -6.38. The van der Waals surface area contributed by atoms with Crippen molar-refractivity contribution in [3.8, 4) is 0 Å². The second kappa shape index (κ2) is 7.54. The second-order valence-electron chi connectivity index (χ2n) is 8.77. The van der Waals surface area contributed by atoms with Gasteiger partial charge in [-0.25, -0.2) is 0 Å². The Hall–Kier alpha value is -2.95. The zero-order chi connectivity index (χ0) is 24.3. The van der Waals surface area contributed by atoms with Gasteiger partial charge in [0.2, 0.25) is 0 Å². The molecule has 3 aromatic carbocycles. The number of nitrogens with zero attached hydrogens (tertiary/aromatic N) is 1. The first kappa shape index (κ1) is 23.2. The molecule has 0 saturated carbocycles. The Labute approximate surface area is 188 Å². The fourth-order valence-corrected chi connectivity index (χ4v) is 4.58. The molecule has 33 heavy (non-hydrogen) atoms. The van der Waals surface area contributed by atoms with Crippen molar-refractivity contribution in [1.29, 1.82) is 0 Å². The lowest BCUT2D eigenvalue weighted by Crippen LogP contribution is -2.40. The Bertz CT molecular complexity index is 1360. The summed E-state index contributed by atoms with van der Waals surface area (Å²) in [6.45, 7) is 5.86. The molecule has 1 amide bonds. The van der Waals surface area contributed by atoms with E-state index < -0.39 is 38.9 Å². The summed E-state index contributed by atoms with van der Waals surface area (Å²) < 4.78 is 68.8. The van der Waals surface area contributed by atoms with Crippen LogP contribution in [0, 0.1) is 0 Å². The van der Waals surface area contributed by atoms with Crippen molar-refractivity contribution in [2.24, 2.45) is 0 Å². The van der Waals surface area contributed by atoms with Crippen LogP contribution in [0.5, 0.6) is 0 Å². The van der Waals surface area contributed by atoms with Crippen LogP contribution in [0.3, 0.4) is 0 Å². The molecule has 1 N–H and O–H groups in total. The van der Waals surface area contributed by atoms with Crippen LogP contribution in [-0.4, -0.2) is 24.5 Å². The van der Waals surface area contributed by atoms with Crippen LogP contribution >= 0.6 is 0 Å². The van der Waals surface area contributed by atoms with Gasteiger partial charge in [0.05, 0.1) is 16.0 Å². The standard InChI is InChI=1S/C23H20F3NO5S/c1-22(2,3)15-11-13-5-4-6-17-19(13)18(12-15)21(29)27(20(17)28)32-33(30,31)16-9-7-14(8-10-16)23(24,25)26/h4-12,20,28H,1-3H3. The smallest absolute Gasteiger partial charge is 0.367 e. The molecule has 4 rings (SSSR count). The second-order valence-corrected chi connectivity index (χ2v) is 10.3. The average molecular weight is 479 g/mol. The first-order chi connectivity index (χ1) is 15.2. The van der Waals surface area contributed by atoms with Gasteiger partial charge < -0.3 is 5.11 Å². The number of hydrogen-bond donors (Lipinski definition) is 1. The van der Waals surface area contributed by atoms with Crippen LogP contribution in [0.25, 0.3) is 10.8 Å². The van der Waals surface area contributed by atoms with E-state index in [0.29, 0.717) is 28.0 Å². The summed E-state index contributed by atoms with van der Waals surface area (Å²) in [6, 6.07) is 11.2. The summed E-state index contributed by atoms with van der Waals surface area (Å²) in [4.78, 5) is 12.6. The third-order valence-electron chi connectivity index (χ3n) is 5.45. The lowest BCUT2D eigenvalue weighted by molar-refractivity contribution is -0.137. The molecule has 0 bridgehead atoms. The van der Waals surface area contributed by atoms with Gasteiger partial charge in [-0.05, 0) is 46.7 Å². The number of amides is 1. The summed E-state index contributed by atoms with van der Waals surface area (Å²) in [5.41, 5.74) is -0.121. The SMILES string of the molecule is CC(C)(C)c1cc2c3c(cccc3c1)C(O)N(OS(=O)(=O)c1ccc(C(F)(F)F)cc1)C2=O. The first-order valence-corrected chi connectivity index (χ1v) is 11.3. The fraction of sp³-hybridized carbons (Fsp3) is 0.261. The van der Waals surface area contributed by atoms with Crippen LogP contribution in [0.1, 0.15) is 54.0 Å². The normalized spacial score (nSPS) is 17.0. The van der Waals surface area contributed by atoms with E-state index >= 15 is 0 Å². The number of halogens is 3. The molecule has 1 heterocycles. The van der Waals surface area contributed by atoms with Crippen molar-refractivity contribution in [2.75, 3.05) is 0 Å². The van der Waals surface area contributed by atoms with E-state index in [1.54, 1.807) is 24.3 Å². The Balaban J connectivity index is 1.76. The molecule has 3 aromatic rings. The first-order valence-electron chi connectivity index (χ1n) is 9.91. The molecule has 1 atom stereocenters. The monoisotopic (exact) mass is 479 g/mol. The number of alkyl halides is 3. The van der Waals surface area contributed by atoms with E-state index in [4.69, 9.17) is 4.28 Å². The predicted molar refractivity (Wildman–Crippen MR) is 113 cm³/mol. The van der Waals surface area contributed by atoms with Gasteiger partial charge in [-0.3, -0.25) is 4.79 Å². The molecule has 0 spiro atoms. The van der Waals surface area contributed by atoms with Crippen LogP contribution in [0.4, 0.5) is 13.2 Å². The fourth-order valence-electron chi connectivity index (χ4n) is 3.66. The third-order valence-corrected chi connectivity index (χ3v) is 6.66. The maximum atomic E-state index is 13.2. The molecule has 10 heteroatoms. The number of carbonyl (C=O) groups excluding carboxylic acids is 1. The van der Waals surface area contributed by atoms with E-state index in [1.807, 2.05) is 26.8 Å². The van der Waals surface area contributed by atoms with Crippen molar-refractivity contribution in [2.45, 2.75) is 43.5 Å². The molecular weight excluding hydrogens is 459 g/mol. The van der Waals surface area contributed by atoms with Gasteiger partial charge in [0.1, 0.15) is 0 Å². The van der Waals surface area contributed by atoms with Gasteiger partial charge in [0, 0.05) is 10.9 Å². The van der Waals surface area contributed by atoms with Crippen LogP contribution in [0.15, 0.2) is 59.5 Å². The van der Waals surface area contributed by atoms with E-state index in [0.717, 1.165) is 17.7 Å². The van der Waals surface area contributed by atoms with Gasteiger partial charge in [-0.2, -0.15) is 26.7 Å². The molecule has 174 valence electrons. The molecule has 1 aliphatic heterocycles. The molecule has 0 radical (unpaired) electrons. The lowest BCUT2D eigenvalue weighted by atomic mass is 9.82. The van der Waals surface area contributed by atoms with Crippen LogP contribution in [0.2, 0.25) is 0 Å². The summed E-state index contributed by atoms with van der Waals surface area (Å²) in [7, 11) is -4.72. The zero-order valence-corrected chi connectivity index (χ0v) is 18.7. The molecule has 1 aliphatic rings. The van der Waals surface area contributed by atoms with Crippen LogP contribution < -0.4 is 0 Å². The molecule has 0 fully saturated rings. The molecular formula is C23H20F3NO5S. The minimum atomic E-state index is -4.72. The lowest BCUT2D eigenvalue weighted by Gasteiger charge is -2.32. The molecule has 0 aromatic heterocycles. The number of aliphatic hydroxyl groups excluding tert-OH is 1. The average Bonchev–Trinajstić information content (AvgIpc) is 2.73. The quantitative estimate of drug-likeness (QED) is 0.576. The maximum absolute atomic E-state index is 13.2. The molecule has 1 unspecified atom stereocenters. The van der Waals surface area contributed by atoms with E-state index in [9.17, 15) is 31.5 Å². The highest BCUT2D eigenvalue weighted by Crippen LogP contribution is 2.39. The van der Waals surface area contributed by atoms with E-state index in [2.05, 4.69) is 0 Å². The van der Waals surface area contributed by atoms with Gasteiger partial charge in [-0.1, -0.05) is 45.0 Å². The predicted octanol–water partition coefficient (Wildman–Crippen LogP) is 4.92. The number of hydroxylamine groups is 2. The minimum absolute atomic E-state index is 0.154. The number of aliphatic hydroxyl groups is 1.